The van der Waals surface area contributed by atoms with Gasteiger partial charge in [-0.3, -0.25) is 4.79 Å². The molecule has 0 saturated heterocycles. The van der Waals surface area contributed by atoms with Crippen molar-refractivity contribution in [3.8, 4) is 0 Å². The second-order valence-electron chi connectivity index (χ2n) is 4.05. The second kappa shape index (κ2) is 10.7. The van der Waals surface area contributed by atoms with Crippen LogP contribution in [0.3, 0.4) is 0 Å². The Hall–Kier alpha value is -0.830. The minimum Gasteiger partial charge on any atom is -0.361 e. The average Bonchev–Trinajstić information content (AvgIpc) is 2.31. The first-order valence-corrected chi connectivity index (χ1v) is 6.17. The van der Waals surface area contributed by atoms with E-state index in [2.05, 4.69) is 13.5 Å². The molecule has 0 rings (SSSR count). The molecule has 0 radical (unpaired) electrons. The molecule has 0 saturated carbocycles. The SMILES string of the molecule is C=CC(=O)N(C)COCCCCCCCC. The van der Waals surface area contributed by atoms with Gasteiger partial charge in [-0.1, -0.05) is 45.6 Å². The van der Waals surface area contributed by atoms with Crippen LogP contribution >= 0.6 is 0 Å². The second-order valence-corrected chi connectivity index (χ2v) is 4.05. The molecule has 0 fully saturated rings. The van der Waals surface area contributed by atoms with E-state index in [1.54, 1.807) is 7.05 Å². The van der Waals surface area contributed by atoms with Crippen LogP contribution in [-0.2, 0) is 9.53 Å². The highest BCUT2D eigenvalue weighted by atomic mass is 16.5. The zero-order valence-corrected chi connectivity index (χ0v) is 10.7. The fourth-order valence-electron chi connectivity index (χ4n) is 1.41. The van der Waals surface area contributed by atoms with Crippen LogP contribution in [0.5, 0.6) is 0 Å². The molecule has 0 aromatic rings. The van der Waals surface area contributed by atoms with Gasteiger partial charge in [-0.15, -0.1) is 0 Å². The van der Waals surface area contributed by atoms with Gasteiger partial charge >= 0.3 is 0 Å². The number of unbranched alkanes of at least 4 members (excludes halogenated alkanes) is 5. The zero-order chi connectivity index (χ0) is 12.2. The van der Waals surface area contributed by atoms with E-state index in [1.165, 1.54) is 43.1 Å². The summed E-state index contributed by atoms with van der Waals surface area (Å²) in [5, 5.41) is 0. The Bertz CT molecular complexity index is 192. The molecule has 0 aliphatic heterocycles. The standard InChI is InChI=1S/C13H25NO2/c1-4-6-7-8-9-10-11-16-12-14(3)13(15)5-2/h5H,2,4,6-12H2,1,3H3. The van der Waals surface area contributed by atoms with Crippen molar-refractivity contribution in [3.05, 3.63) is 12.7 Å². The maximum Gasteiger partial charge on any atom is 0.247 e. The van der Waals surface area contributed by atoms with Gasteiger partial charge < -0.3 is 9.64 Å². The van der Waals surface area contributed by atoms with Crippen molar-refractivity contribution in [2.24, 2.45) is 0 Å². The number of carbonyl (C=O) groups is 1. The van der Waals surface area contributed by atoms with E-state index in [4.69, 9.17) is 4.74 Å². The Labute approximate surface area is 99.5 Å². The molecular weight excluding hydrogens is 202 g/mol. The third kappa shape index (κ3) is 8.48. The van der Waals surface area contributed by atoms with Gasteiger partial charge in [0.15, 0.2) is 0 Å². The molecule has 16 heavy (non-hydrogen) atoms. The number of likely N-dealkylation sites (N-methyl/N-ethyl adjacent to an activating group) is 1. The van der Waals surface area contributed by atoms with Crippen LogP contribution in [0.25, 0.3) is 0 Å². The summed E-state index contributed by atoms with van der Waals surface area (Å²) in [5.41, 5.74) is 0. The topological polar surface area (TPSA) is 29.5 Å². The van der Waals surface area contributed by atoms with Crippen molar-refractivity contribution in [2.45, 2.75) is 45.4 Å². The Morgan fingerprint density at radius 2 is 1.88 bits per heavy atom. The van der Waals surface area contributed by atoms with Crippen molar-refractivity contribution in [3.63, 3.8) is 0 Å². The largest absolute Gasteiger partial charge is 0.361 e. The summed E-state index contributed by atoms with van der Waals surface area (Å²) in [6.07, 6.45) is 8.83. The van der Waals surface area contributed by atoms with E-state index in [0.29, 0.717) is 6.73 Å². The van der Waals surface area contributed by atoms with E-state index < -0.39 is 0 Å². The summed E-state index contributed by atoms with van der Waals surface area (Å²) in [6, 6.07) is 0. The quantitative estimate of drug-likeness (QED) is 0.326. The maximum absolute atomic E-state index is 11.1. The first-order chi connectivity index (χ1) is 7.72. The van der Waals surface area contributed by atoms with E-state index in [1.807, 2.05) is 0 Å². The van der Waals surface area contributed by atoms with Gasteiger partial charge in [-0.25, -0.2) is 0 Å². The van der Waals surface area contributed by atoms with Crippen LogP contribution in [0.4, 0.5) is 0 Å². The van der Waals surface area contributed by atoms with Gasteiger partial charge in [0.1, 0.15) is 6.73 Å². The number of amides is 1. The van der Waals surface area contributed by atoms with Crippen molar-refractivity contribution in [1.82, 2.24) is 4.90 Å². The molecule has 0 unspecified atom stereocenters. The lowest BCUT2D eigenvalue weighted by Crippen LogP contribution is -2.27. The number of hydrogen-bond donors (Lipinski definition) is 0. The van der Waals surface area contributed by atoms with Crippen LogP contribution in [-0.4, -0.2) is 31.2 Å². The summed E-state index contributed by atoms with van der Waals surface area (Å²) in [7, 11) is 1.71. The molecule has 0 spiro atoms. The summed E-state index contributed by atoms with van der Waals surface area (Å²) in [6.45, 7) is 6.74. The Balaban J connectivity index is 3.20. The Kier molecular flexibility index (Phi) is 10.1. The van der Waals surface area contributed by atoms with Crippen molar-refractivity contribution in [1.29, 1.82) is 0 Å². The molecule has 3 nitrogen and oxygen atoms in total. The van der Waals surface area contributed by atoms with Gasteiger partial charge in [0, 0.05) is 13.7 Å². The lowest BCUT2D eigenvalue weighted by atomic mass is 10.1. The van der Waals surface area contributed by atoms with Crippen LogP contribution in [0.15, 0.2) is 12.7 Å². The van der Waals surface area contributed by atoms with Crippen molar-refractivity contribution >= 4 is 5.91 Å². The molecule has 0 aliphatic rings. The Morgan fingerprint density at radius 1 is 1.25 bits per heavy atom. The molecule has 0 bridgehead atoms. The molecule has 1 amide bonds. The average molecular weight is 227 g/mol. The molecular formula is C13H25NO2. The van der Waals surface area contributed by atoms with Crippen LogP contribution in [0, 0.1) is 0 Å². The zero-order valence-electron chi connectivity index (χ0n) is 10.7. The first-order valence-electron chi connectivity index (χ1n) is 6.17. The minimum absolute atomic E-state index is 0.0945. The van der Waals surface area contributed by atoms with Gasteiger partial charge in [0.05, 0.1) is 0 Å². The van der Waals surface area contributed by atoms with Gasteiger partial charge in [-0.2, -0.15) is 0 Å². The highest BCUT2D eigenvalue weighted by molar-refractivity contribution is 5.86. The number of carbonyl (C=O) groups excluding carboxylic acids is 1. The first kappa shape index (κ1) is 15.2. The number of rotatable bonds is 10. The van der Waals surface area contributed by atoms with E-state index >= 15 is 0 Å². The van der Waals surface area contributed by atoms with Crippen LogP contribution in [0.1, 0.15) is 45.4 Å². The van der Waals surface area contributed by atoms with E-state index in [-0.39, 0.29) is 5.91 Å². The normalized spacial score (nSPS) is 10.1. The molecule has 0 aliphatic carbocycles. The minimum atomic E-state index is -0.0945. The third-order valence-electron chi connectivity index (χ3n) is 2.48. The monoisotopic (exact) mass is 227 g/mol. The third-order valence-corrected chi connectivity index (χ3v) is 2.48. The predicted molar refractivity (Wildman–Crippen MR) is 67.2 cm³/mol. The number of ether oxygens (including phenoxy) is 1. The Morgan fingerprint density at radius 3 is 2.50 bits per heavy atom. The highest BCUT2D eigenvalue weighted by Gasteiger charge is 2.02. The van der Waals surface area contributed by atoms with Crippen molar-refractivity contribution in [2.75, 3.05) is 20.4 Å². The molecule has 0 atom stereocenters. The number of nitrogens with zero attached hydrogens (tertiary/aromatic N) is 1. The summed E-state index contributed by atoms with van der Waals surface area (Å²) >= 11 is 0. The molecule has 0 aromatic heterocycles. The van der Waals surface area contributed by atoms with Gasteiger partial charge in [0.2, 0.25) is 5.91 Å². The van der Waals surface area contributed by atoms with Crippen LogP contribution in [0.2, 0.25) is 0 Å². The number of hydrogen-bond acceptors (Lipinski definition) is 2. The lowest BCUT2D eigenvalue weighted by Gasteiger charge is -2.14. The summed E-state index contributed by atoms with van der Waals surface area (Å²) in [5.74, 6) is -0.0945. The van der Waals surface area contributed by atoms with Gasteiger partial charge in [-0.05, 0) is 12.5 Å². The molecule has 0 heterocycles. The van der Waals surface area contributed by atoms with Crippen molar-refractivity contribution < 1.29 is 9.53 Å². The molecule has 0 N–H and O–H groups in total. The molecule has 0 aromatic carbocycles. The van der Waals surface area contributed by atoms with Crippen LogP contribution < -0.4 is 0 Å². The lowest BCUT2D eigenvalue weighted by molar-refractivity contribution is -0.129. The maximum atomic E-state index is 11.1. The fourth-order valence-corrected chi connectivity index (χ4v) is 1.41. The smallest absolute Gasteiger partial charge is 0.247 e. The predicted octanol–water partition coefficient (Wildman–Crippen LogP) is 2.97. The molecule has 3 heteroatoms. The fraction of sp³-hybridized carbons (Fsp3) is 0.769. The van der Waals surface area contributed by atoms with E-state index in [9.17, 15) is 4.79 Å². The highest BCUT2D eigenvalue weighted by Crippen LogP contribution is 2.04. The molecule has 94 valence electrons. The van der Waals surface area contributed by atoms with Gasteiger partial charge in [0.25, 0.3) is 0 Å². The summed E-state index contributed by atoms with van der Waals surface area (Å²) < 4.78 is 5.38. The van der Waals surface area contributed by atoms with E-state index in [0.717, 1.165) is 13.0 Å². The summed E-state index contributed by atoms with van der Waals surface area (Å²) in [4.78, 5) is 12.6.